The van der Waals surface area contributed by atoms with Gasteiger partial charge >= 0.3 is 47.3 Å². The van der Waals surface area contributed by atoms with Crippen molar-refractivity contribution in [2.45, 2.75) is 69.5 Å². The number of hydrogen-bond acceptors (Lipinski definition) is 9. The molecular formula is C22H41Cl2N9O8Pt. The summed E-state index contributed by atoms with van der Waals surface area (Å²) in [5.41, 5.74) is 21.7. The number of amides is 4. The first kappa shape index (κ1) is 41.4. The molecule has 0 aromatic heterocycles. The molecule has 0 fully saturated rings. The van der Waals surface area contributed by atoms with Gasteiger partial charge in [-0.25, -0.2) is 4.79 Å². The van der Waals surface area contributed by atoms with E-state index < -0.39 is 77.2 Å². The fraction of sp³-hybridized carbons (Fsp3) is 0.682. The Morgan fingerprint density at radius 1 is 0.833 bits per heavy atom. The molecule has 0 radical (unpaired) electrons. The first-order valence-corrected chi connectivity index (χ1v) is 18.3. The van der Waals surface area contributed by atoms with Crippen LogP contribution in [0.5, 0.6) is 0 Å². The number of aliphatic carboxylic acids is 2. The minimum absolute atomic E-state index is 0.0583. The predicted molar refractivity (Wildman–Crippen MR) is 152 cm³/mol. The third-order valence-electron chi connectivity index (χ3n) is 5.22. The molecular weight excluding hydrogens is 784 g/mol. The van der Waals surface area contributed by atoms with Crippen LogP contribution in [0.3, 0.4) is 0 Å². The van der Waals surface area contributed by atoms with Crippen molar-refractivity contribution in [2.75, 3.05) is 26.2 Å². The van der Waals surface area contributed by atoms with Crippen LogP contribution in [-0.2, 0) is 45.2 Å². The van der Waals surface area contributed by atoms with E-state index in [1.165, 1.54) is 0 Å². The van der Waals surface area contributed by atoms with E-state index in [0.29, 0.717) is 45.2 Å². The predicted octanol–water partition coefficient (Wildman–Crippen LogP) is -2.59. The van der Waals surface area contributed by atoms with Crippen molar-refractivity contribution >= 4 is 60.4 Å². The third kappa shape index (κ3) is 23.9. The van der Waals surface area contributed by atoms with Gasteiger partial charge in [0, 0.05) is 19.5 Å². The second kappa shape index (κ2) is 25.9. The molecule has 3 atom stereocenters. The molecule has 4 amide bonds. The van der Waals surface area contributed by atoms with E-state index in [2.05, 4.69) is 20.9 Å². The van der Waals surface area contributed by atoms with Crippen LogP contribution >= 0.6 is 18.8 Å². The van der Waals surface area contributed by atoms with Gasteiger partial charge < -0.3 is 54.4 Å². The zero-order chi connectivity index (χ0) is 32.5. The van der Waals surface area contributed by atoms with Gasteiger partial charge in [0.1, 0.15) is 12.1 Å². The van der Waals surface area contributed by atoms with E-state index in [0.717, 1.165) is 0 Å². The first-order chi connectivity index (χ1) is 19.8. The van der Waals surface area contributed by atoms with Gasteiger partial charge in [0.15, 0.2) is 5.96 Å². The Kier molecular flexibility index (Phi) is 25.6. The van der Waals surface area contributed by atoms with Crippen LogP contribution in [0.2, 0.25) is 0 Å². The van der Waals surface area contributed by atoms with Gasteiger partial charge in [0.25, 0.3) is 0 Å². The van der Waals surface area contributed by atoms with Gasteiger partial charge in [-0.1, -0.05) is 0 Å². The fourth-order valence-corrected chi connectivity index (χ4v) is 3.17. The van der Waals surface area contributed by atoms with Crippen LogP contribution in [0, 0.1) is 0 Å². The van der Waals surface area contributed by atoms with Crippen LogP contribution in [0.15, 0.2) is 4.99 Å². The summed E-state index contributed by atoms with van der Waals surface area (Å²) < 4.78 is 0. The summed E-state index contributed by atoms with van der Waals surface area (Å²) in [4.78, 5) is 74.6. The number of carboxylic acids is 2. The van der Waals surface area contributed by atoms with Gasteiger partial charge in [0.05, 0.1) is 19.0 Å². The first-order valence-electron chi connectivity index (χ1n) is 12.7. The quantitative estimate of drug-likeness (QED) is 0.0324. The van der Waals surface area contributed by atoms with Gasteiger partial charge in [-0.05, 0) is 45.1 Å². The van der Waals surface area contributed by atoms with Gasteiger partial charge in [-0.3, -0.25) is 29.0 Å². The van der Waals surface area contributed by atoms with E-state index in [4.69, 9.17) is 52.0 Å². The minimum atomic E-state index is -1.67. The number of halogens is 2. The average Bonchev–Trinajstić information content (AvgIpc) is 2.91. The van der Waals surface area contributed by atoms with Crippen molar-refractivity contribution in [1.29, 1.82) is 0 Å². The zero-order valence-electron chi connectivity index (χ0n) is 22.9. The monoisotopic (exact) mass is 824 g/mol. The van der Waals surface area contributed by atoms with Crippen LogP contribution in [-0.4, -0.2) is 96.0 Å². The van der Waals surface area contributed by atoms with Gasteiger partial charge in [0.2, 0.25) is 23.6 Å². The molecule has 17 nitrogen and oxygen atoms in total. The molecule has 0 aliphatic heterocycles. The molecule has 0 aliphatic rings. The number of unbranched alkanes of at least 4 members (excludes halogenated alkanes) is 1. The zero-order valence-corrected chi connectivity index (χ0v) is 26.7. The van der Waals surface area contributed by atoms with Gasteiger partial charge in [-0.2, -0.15) is 0 Å². The molecule has 42 heavy (non-hydrogen) atoms. The Hall–Kier alpha value is -2.72. The molecule has 0 heterocycles. The van der Waals surface area contributed by atoms with Crippen LogP contribution < -0.4 is 44.2 Å². The molecule has 0 aromatic carbocycles. The van der Waals surface area contributed by atoms with Crippen molar-refractivity contribution < 1.29 is 55.5 Å². The molecule has 14 N–H and O–H groups in total. The number of aliphatic imine (C=N–C) groups is 1. The number of carboxylic acid groups (broad SMARTS) is 2. The summed E-state index contributed by atoms with van der Waals surface area (Å²) in [5.74, 6) is -5.50. The molecule has 0 bridgehead atoms. The number of nitrogens with zero attached hydrogens (tertiary/aromatic N) is 1. The average molecular weight is 826 g/mol. The Bertz CT molecular complexity index is 898. The number of hydrogen-bond donors (Lipinski definition) is 10. The van der Waals surface area contributed by atoms with E-state index in [-0.39, 0.29) is 31.3 Å². The normalized spacial score (nSPS) is 12.4. The second-order valence-corrected chi connectivity index (χ2v) is 12.0. The molecule has 0 saturated carbocycles. The molecule has 0 saturated heterocycles. The maximum atomic E-state index is 12.6. The molecule has 0 spiro atoms. The van der Waals surface area contributed by atoms with Crippen LogP contribution in [0.4, 0.5) is 0 Å². The number of guanidine groups is 1. The second-order valence-electron chi connectivity index (χ2n) is 8.67. The molecule has 0 aromatic rings. The number of nitrogens with two attached hydrogens (primary N) is 4. The van der Waals surface area contributed by atoms with E-state index >= 15 is 0 Å². The van der Waals surface area contributed by atoms with E-state index in [1.54, 1.807) is 0 Å². The Labute approximate surface area is 260 Å². The Balaban J connectivity index is 0. The van der Waals surface area contributed by atoms with Crippen molar-refractivity contribution in [1.82, 2.24) is 21.3 Å². The molecule has 246 valence electrons. The number of carbonyl (C=O) groups is 6. The molecule has 20 heteroatoms. The summed E-state index contributed by atoms with van der Waals surface area (Å²) in [6, 6.07) is -3.37. The molecule has 0 rings (SSSR count). The molecule has 0 unspecified atom stereocenters. The van der Waals surface area contributed by atoms with E-state index in [9.17, 15) is 28.8 Å². The summed E-state index contributed by atoms with van der Waals surface area (Å²) in [7, 11) is 9.75. The van der Waals surface area contributed by atoms with Crippen molar-refractivity contribution in [3.8, 4) is 0 Å². The summed E-state index contributed by atoms with van der Waals surface area (Å²) in [5, 5.41) is 27.3. The number of nitrogens with one attached hydrogen (secondary N) is 4. The standard InChI is InChI=1S/C22H41N9O8.2ClH.Pt/c23-8-3-5-13(24)19(36)27-9-2-1-7-16(32)30-14(6-4-10-28-22(25)26)20(37)29-12-17(33)31-15(21(38)39)11-18(34)35;;;/h13-15H,1-12,23-24H2,(H,27,36)(H,29,37)(H,30,32)(H,31,33)(H,34,35)(H,38,39)(H4,25,26,28);2*1H;/q;;;+2/p-2/t13-,14-,15-;;;/m0.../s1. The van der Waals surface area contributed by atoms with Crippen LogP contribution in [0.1, 0.15) is 51.4 Å². The summed E-state index contributed by atoms with van der Waals surface area (Å²) >= 11 is -0.472. The SMILES string of the molecule is NCCC[C@H](N)C(=O)NCCCCC(=O)N[C@@H](CCCN=C(N)N)C(=O)NCC(=O)N[C@@H](CC(=O)O)C(=O)O.[Cl][Pt][Cl]. The number of rotatable bonds is 21. The van der Waals surface area contributed by atoms with Crippen molar-refractivity contribution in [3.05, 3.63) is 0 Å². The summed E-state index contributed by atoms with van der Waals surface area (Å²) in [6.07, 6.45) is 1.67. The fourth-order valence-electron chi connectivity index (χ4n) is 3.17. The van der Waals surface area contributed by atoms with Crippen molar-refractivity contribution in [3.63, 3.8) is 0 Å². The Morgan fingerprint density at radius 2 is 1.45 bits per heavy atom. The maximum absolute atomic E-state index is 12.6. The van der Waals surface area contributed by atoms with Gasteiger partial charge in [-0.15, -0.1) is 0 Å². The third-order valence-corrected chi connectivity index (χ3v) is 5.22. The van der Waals surface area contributed by atoms with Crippen LogP contribution in [0.25, 0.3) is 0 Å². The van der Waals surface area contributed by atoms with Crippen molar-refractivity contribution in [2.24, 2.45) is 27.9 Å². The Morgan fingerprint density at radius 3 is 2.00 bits per heavy atom. The number of carbonyl (C=O) groups excluding carboxylic acids is 4. The van der Waals surface area contributed by atoms with E-state index in [1.807, 2.05) is 5.32 Å². The molecule has 0 aliphatic carbocycles. The summed E-state index contributed by atoms with van der Waals surface area (Å²) in [6.45, 7) is 0.300. The topological polar surface area (TPSA) is 307 Å².